The molecule has 0 aliphatic rings. The van der Waals surface area contributed by atoms with E-state index in [0.717, 1.165) is 12.8 Å². The van der Waals surface area contributed by atoms with Gasteiger partial charge in [0.25, 0.3) is 0 Å². The molecule has 6 heteroatoms. The van der Waals surface area contributed by atoms with Crippen molar-refractivity contribution >= 4 is 40.7 Å². The summed E-state index contributed by atoms with van der Waals surface area (Å²) in [5, 5.41) is 3.40. The van der Waals surface area contributed by atoms with Crippen molar-refractivity contribution in [2.45, 2.75) is 19.8 Å². The number of hydrogen-bond donors (Lipinski definition) is 1. The number of hydrogen-bond acceptors (Lipinski definition) is 2. The minimum Gasteiger partial charge on any atom is -0.334 e. The van der Waals surface area contributed by atoms with Gasteiger partial charge in [-0.3, -0.25) is 9.59 Å². The number of para-hydroxylation sites is 1. The third kappa shape index (κ3) is 6.07. The first kappa shape index (κ1) is 19.3. The maximum atomic E-state index is 12.2. The smallest absolute Gasteiger partial charge is 0.244 e. The van der Waals surface area contributed by atoms with E-state index < -0.39 is 0 Å². The van der Waals surface area contributed by atoms with Gasteiger partial charge < -0.3 is 10.2 Å². The number of halogens is 2. The molecule has 0 aromatic heterocycles. The van der Waals surface area contributed by atoms with Crippen molar-refractivity contribution in [3.63, 3.8) is 0 Å². The molecule has 0 fully saturated rings. The van der Waals surface area contributed by atoms with E-state index in [0.29, 0.717) is 22.3 Å². The second kappa shape index (κ2) is 9.44. The summed E-state index contributed by atoms with van der Waals surface area (Å²) in [6.45, 7) is 1.93. The molecule has 25 heavy (non-hydrogen) atoms. The molecule has 0 unspecified atom stereocenters. The summed E-state index contributed by atoms with van der Waals surface area (Å²) < 4.78 is 0. The summed E-state index contributed by atoms with van der Waals surface area (Å²) in [7, 11) is 0. The molecule has 0 aliphatic heterocycles. The van der Waals surface area contributed by atoms with Crippen LogP contribution in [0.25, 0.3) is 0 Å². The SMILES string of the molecule is CC(=O)N(CCCc1ccccc1)CC(=O)Nc1c(Cl)cccc1Cl. The number of carbonyl (C=O) groups excluding carboxylic acids is 2. The van der Waals surface area contributed by atoms with Gasteiger partial charge in [-0.1, -0.05) is 59.6 Å². The molecule has 0 aliphatic carbocycles. The number of anilines is 1. The Morgan fingerprint density at radius 3 is 2.24 bits per heavy atom. The van der Waals surface area contributed by atoms with E-state index in [1.165, 1.54) is 17.4 Å². The number of amides is 2. The van der Waals surface area contributed by atoms with Gasteiger partial charge in [0.1, 0.15) is 0 Å². The van der Waals surface area contributed by atoms with Crippen LogP contribution in [0.15, 0.2) is 48.5 Å². The summed E-state index contributed by atoms with van der Waals surface area (Å²) in [6, 6.07) is 15.0. The zero-order chi connectivity index (χ0) is 18.2. The van der Waals surface area contributed by atoms with Crippen LogP contribution < -0.4 is 5.32 Å². The maximum Gasteiger partial charge on any atom is 0.244 e. The summed E-state index contributed by atoms with van der Waals surface area (Å²) >= 11 is 12.1. The zero-order valence-electron chi connectivity index (χ0n) is 14.0. The maximum absolute atomic E-state index is 12.2. The zero-order valence-corrected chi connectivity index (χ0v) is 15.5. The average Bonchev–Trinajstić information content (AvgIpc) is 2.58. The van der Waals surface area contributed by atoms with Crippen molar-refractivity contribution in [3.05, 3.63) is 64.1 Å². The molecule has 0 radical (unpaired) electrons. The third-order valence-electron chi connectivity index (χ3n) is 3.74. The molecule has 0 spiro atoms. The van der Waals surface area contributed by atoms with Gasteiger partial charge in [-0.25, -0.2) is 0 Å². The molecule has 2 rings (SSSR count). The fourth-order valence-corrected chi connectivity index (χ4v) is 2.93. The van der Waals surface area contributed by atoms with Crippen molar-refractivity contribution in [2.24, 2.45) is 0 Å². The highest BCUT2D eigenvalue weighted by molar-refractivity contribution is 6.39. The van der Waals surface area contributed by atoms with E-state index in [1.807, 2.05) is 30.3 Å². The molecule has 0 heterocycles. The van der Waals surface area contributed by atoms with E-state index in [4.69, 9.17) is 23.2 Å². The Balaban J connectivity index is 1.90. The van der Waals surface area contributed by atoms with Crippen molar-refractivity contribution in [2.75, 3.05) is 18.4 Å². The number of aryl methyl sites for hydroxylation is 1. The number of nitrogens with zero attached hydrogens (tertiary/aromatic N) is 1. The predicted octanol–water partition coefficient (Wildman–Crippen LogP) is 4.41. The number of rotatable bonds is 7. The second-order valence-corrected chi connectivity index (χ2v) is 6.49. The number of benzene rings is 2. The molecule has 0 bridgehead atoms. The first-order valence-corrected chi connectivity index (χ1v) is 8.76. The lowest BCUT2D eigenvalue weighted by atomic mass is 10.1. The van der Waals surface area contributed by atoms with Crippen LogP contribution in [-0.4, -0.2) is 29.8 Å². The van der Waals surface area contributed by atoms with Crippen LogP contribution in [0, 0.1) is 0 Å². The van der Waals surface area contributed by atoms with Gasteiger partial charge in [0.05, 0.1) is 22.3 Å². The lowest BCUT2D eigenvalue weighted by Crippen LogP contribution is -2.37. The molecule has 2 aromatic rings. The minimum atomic E-state index is -0.329. The van der Waals surface area contributed by atoms with Crippen LogP contribution in [-0.2, 0) is 16.0 Å². The Bertz CT molecular complexity index is 715. The van der Waals surface area contributed by atoms with Gasteiger partial charge in [-0.15, -0.1) is 0 Å². The van der Waals surface area contributed by atoms with E-state index >= 15 is 0 Å². The first-order chi connectivity index (χ1) is 12.0. The van der Waals surface area contributed by atoms with Crippen molar-refractivity contribution in [3.8, 4) is 0 Å². The molecule has 0 atom stereocenters. The van der Waals surface area contributed by atoms with Gasteiger partial charge in [0.15, 0.2) is 0 Å². The number of carbonyl (C=O) groups is 2. The Morgan fingerprint density at radius 2 is 1.64 bits per heavy atom. The summed E-state index contributed by atoms with van der Waals surface area (Å²) in [6.07, 6.45) is 1.63. The van der Waals surface area contributed by atoms with E-state index in [-0.39, 0.29) is 18.4 Å². The fourth-order valence-electron chi connectivity index (χ4n) is 2.44. The van der Waals surface area contributed by atoms with Gasteiger partial charge in [0.2, 0.25) is 11.8 Å². The molecular weight excluding hydrogens is 359 g/mol. The summed E-state index contributed by atoms with van der Waals surface area (Å²) in [4.78, 5) is 25.6. The van der Waals surface area contributed by atoms with E-state index in [1.54, 1.807) is 18.2 Å². The Morgan fingerprint density at radius 1 is 1.00 bits per heavy atom. The van der Waals surface area contributed by atoms with Crippen molar-refractivity contribution < 1.29 is 9.59 Å². The Hall–Kier alpha value is -2.04. The summed E-state index contributed by atoms with van der Waals surface area (Å²) in [5.74, 6) is -0.474. The van der Waals surface area contributed by atoms with Gasteiger partial charge >= 0.3 is 0 Å². The Kier molecular flexibility index (Phi) is 7.29. The molecule has 2 amide bonds. The van der Waals surface area contributed by atoms with Crippen LogP contribution in [0.1, 0.15) is 18.9 Å². The van der Waals surface area contributed by atoms with Gasteiger partial charge in [0, 0.05) is 13.5 Å². The quantitative estimate of drug-likeness (QED) is 0.775. The normalized spacial score (nSPS) is 10.4. The lowest BCUT2D eigenvalue weighted by Gasteiger charge is -2.21. The standard InChI is InChI=1S/C19H20Cl2N2O2/c1-14(24)23(12-6-9-15-7-3-2-4-8-15)13-18(25)22-19-16(20)10-5-11-17(19)21/h2-5,7-8,10-11H,6,9,12-13H2,1H3,(H,22,25). The fraction of sp³-hybridized carbons (Fsp3) is 0.263. The lowest BCUT2D eigenvalue weighted by molar-refractivity contribution is -0.132. The van der Waals surface area contributed by atoms with E-state index in [2.05, 4.69) is 5.32 Å². The highest BCUT2D eigenvalue weighted by atomic mass is 35.5. The molecule has 1 N–H and O–H groups in total. The highest BCUT2D eigenvalue weighted by Gasteiger charge is 2.15. The van der Waals surface area contributed by atoms with Crippen molar-refractivity contribution in [1.29, 1.82) is 0 Å². The topological polar surface area (TPSA) is 49.4 Å². The van der Waals surface area contributed by atoms with Crippen molar-refractivity contribution in [1.82, 2.24) is 4.90 Å². The van der Waals surface area contributed by atoms with Gasteiger partial charge in [-0.2, -0.15) is 0 Å². The third-order valence-corrected chi connectivity index (χ3v) is 4.37. The van der Waals surface area contributed by atoms with Crippen LogP contribution in [0.4, 0.5) is 5.69 Å². The molecular formula is C19H20Cl2N2O2. The van der Waals surface area contributed by atoms with Crippen LogP contribution in [0.3, 0.4) is 0 Å². The highest BCUT2D eigenvalue weighted by Crippen LogP contribution is 2.29. The van der Waals surface area contributed by atoms with Crippen LogP contribution >= 0.6 is 23.2 Å². The number of nitrogens with one attached hydrogen (secondary N) is 1. The van der Waals surface area contributed by atoms with Crippen LogP contribution in [0.2, 0.25) is 10.0 Å². The molecule has 4 nitrogen and oxygen atoms in total. The monoisotopic (exact) mass is 378 g/mol. The largest absolute Gasteiger partial charge is 0.334 e. The predicted molar refractivity (Wildman–Crippen MR) is 102 cm³/mol. The molecule has 2 aromatic carbocycles. The first-order valence-electron chi connectivity index (χ1n) is 8.00. The minimum absolute atomic E-state index is 0.0360. The van der Waals surface area contributed by atoms with E-state index in [9.17, 15) is 9.59 Å². The molecule has 0 saturated heterocycles. The molecule has 0 saturated carbocycles. The molecule has 132 valence electrons. The second-order valence-electron chi connectivity index (χ2n) is 5.67. The van der Waals surface area contributed by atoms with Gasteiger partial charge in [-0.05, 0) is 30.5 Å². The van der Waals surface area contributed by atoms with Crippen LogP contribution in [0.5, 0.6) is 0 Å². The Labute approximate surface area is 157 Å². The summed E-state index contributed by atoms with van der Waals surface area (Å²) in [5.41, 5.74) is 1.57. The average molecular weight is 379 g/mol.